The van der Waals surface area contributed by atoms with Crippen LogP contribution >= 0.6 is 11.8 Å². The Balaban J connectivity index is 1.74. The summed E-state index contributed by atoms with van der Waals surface area (Å²) in [5.74, 6) is -0.743. The van der Waals surface area contributed by atoms with Crippen LogP contribution in [0.3, 0.4) is 0 Å². The standard InChI is InChI=1S/C19H23FN2O3S/c1-14(18(24)22-19(13-21)10-3-2-4-11-19)25-17(23)9-12-26-16-7-5-15(20)6-8-16/h5-8,14H,2-4,9-12H2,1H3,(H,22,24)/t14-/m1/s1. The lowest BCUT2D eigenvalue weighted by Gasteiger charge is -2.32. The summed E-state index contributed by atoms with van der Waals surface area (Å²) in [4.78, 5) is 25.0. The number of esters is 1. The molecule has 140 valence electrons. The Morgan fingerprint density at radius 2 is 1.96 bits per heavy atom. The Bertz CT molecular complexity index is 666. The minimum absolute atomic E-state index is 0.142. The molecule has 0 unspecified atom stereocenters. The van der Waals surface area contributed by atoms with E-state index < -0.39 is 23.5 Å². The largest absolute Gasteiger partial charge is 0.453 e. The summed E-state index contributed by atoms with van der Waals surface area (Å²) in [7, 11) is 0. The predicted octanol–water partition coefficient (Wildman–Crippen LogP) is 3.58. The van der Waals surface area contributed by atoms with Gasteiger partial charge in [0, 0.05) is 10.6 Å². The summed E-state index contributed by atoms with van der Waals surface area (Å²) in [5, 5.41) is 12.2. The van der Waals surface area contributed by atoms with Gasteiger partial charge in [-0.2, -0.15) is 5.26 Å². The average molecular weight is 378 g/mol. The second-order valence-electron chi connectivity index (χ2n) is 6.43. The molecule has 0 heterocycles. The molecule has 1 aromatic carbocycles. The molecule has 0 aliphatic heterocycles. The minimum atomic E-state index is -0.939. The molecule has 1 amide bonds. The van der Waals surface area contributed by atoms with E-state index in [-0.39, 0.29) is 12.2 Å². The highest BCUT2D eigenvalue weighted by atomic mass is 32.2. The summed E-state index contributed by atoms with van der Waals surface area (Å²) in [6.45, 7) is 1.51. The van der Waals surface area contributed by atoms with Crippen molar-refractivity contribution in [1.29, 1.82) is 5.26 Å². The van der Waals surface area contributed by atoms with E-state index in [4.69, 9.17) is 4.74 Å². The van der Waals surface area contributed by atoms with E-state index in [0.717, 1.165) is 24.2 Å². The molecule has 0 bridgehead atoms. The van der Waals surface area contributed by atoms with Crippen LogP contribution in [-0.2, 0) is 14.3 Å². The molecule has 7 heteroatoms. The number of nitrogens with one attached hydrogen (secondary N) is 1. The van der Waals surface area contributed by atoms with Crippen LogP contribution < -0.4 is 5.32 Å². The number of nitrogens with zero attached hydrogens (tertiary/aromatic N) is 1. The minimum Gasteiger partial charge on any atom is -0.453 e. The highest BCUT2D eigenvalue weighted by Gasteiger charge is 2.35. The monoisotopic (exact) mass is 378 g/mol. The van der Waals surface area contributed by atoms with E-state index >= 15 is 0 Å². The fourth-order valence-electron chi connectivity index (χ4n) is 2.85. The Morgan fingerprint density at radius 1 is 1.31 bits per heavy atom. The van der Waals surface area contributed by atoms with Crippen LogP contribution in [0.15, 0.2) is 29.2 Å². The number of benzene rings is 1. The van der Waals surface area contributed by atoms with Gasteiger partial charge in [-0.15, -0.1) is 11.8 Å². The van der Waals surface area contributed by atoms with Crippen molar-refractivity contribution in [3.05, 3.63) is 30.1 Å². The van der Waals surface area contributed by atoms with Crippen LogP contribution in [0.25, 0.3) is 0 Å². The molecule has 1 saturated carbocycles. The number of carbonyl (C=O) groups is 2. The number of carbonyl (C=O) groups excluding carboxylic acids is 2. The maximum absolute atomic E-state index is 12.8. The summed E-state index contributed by atoms with van der Waals surface area (Å²) in [6.07, 6.45) is 3.34. The molecule has 0 spiro atoms. The third-order valence-corrected chi connectivity index (χ3v) is 5.36. The zero-order valence-corrected chi connectivity index (χ0v) is 15.6. The van der Waals surface area contributed by atoms with Gasteiger partial charge in [-0.1, -0.05) is 19.3 Å². The first-order valence-electron chi connectivity index (χ1n) is 8.75. The van der Waals surface area contributed by atoms with Crippen LogP contribution in [0.1, 0.15) is 45.4 Å². The normalized spacial score (nSPS) is 17.0. The fourth-order valence-corrected chi connectivity index (χ4v) is 3.68. The molecular weight excluding hydrogens is 355 g/mol. The second kappa shape index (κ2) is 9.58. The van der Waals surface area contributed by atoms with E-state index in [1.807, 2.05) is 0 Å². The molecule has 2 rings (SSSR count). The first-order chi connectivity index (χ1) is 12.4. The van der Waals surface area contributed by atoms with Gasteiger partial charge in [-0.05, 0) is 44.0 Å². The number of thioether (sulfide) groups is 1. The molecule has 5 nitrogen and oxygen atoms in total. The van der Waals surface area contributed by atoms with Crippen molar-refractivity contribution in [3.8, 4) is 6.07 Å². The quantitative estimate of drug-likeness (QED) is 0.579. The number of hydrogen-bond acceptors (Lipinski definition) is 5. The Hall–Kier alpha value is -2.07. The van der Waals surface area contributed by atoms with E-state index in [9.17, 15) is 19.2 Å². The van der Waals surface area contributed by atoms with Crippen molar-refractivity contribution in [2.24, 2.45) is 0 Å². The van der Waals surface area contributed by atoms with Crippen molar-refractivity contribution in [2.45, 2.75) is 62.0 Å². The van der Waals surface area contributed by atoms with E-state index in [1.165, 1.54) is 30.8 Å². The SMILES string of the molecule is C[C@@H](OC(=O)CCSc1ccc(F)cc1)C(=O)NC1(C#N)CCCCC1. The molecule has 1 N–H and O–H groups in total. The predicted molar refractivity (Wildman–Crippen MR) is 96.9 cm³/mol. The van der Waals surface area contributed by atoms with Crippen LogP contribution in [0.2, 0.25) is 0 Å². The molecule has 0 aromatic heterocycles. The van der Waals surface area contributed by atoms with Crippen molar-refractivity contribution in [1.82, 2.24) is 5.32 Å². The van der Waals surface area contributed by atoms with E-state index in [0.29, 0.717) is 18.6 Å². The van der Waals surface area contributed by atoms with Crippen molar-refractivity contribution < 1.29 is 18.7 Å². The van der Waals surface area contributed by atoms with Gasteiger partial charge in [0.25, 0.3) is 5.91 Å². The smallest absolute Gasteiger partial charge is 0.307 e. The summed E-state index contributed by atoms with van der Waals surface area (Å²) >= 11 is 1.41. The number of amides is 1. The molecule has 1 aliphatic carbocycles. The third kappa shape index (κ3) is 6.03. The molecule has 0 radical (unpaired) electrons. The Kier molecular flexibility index (Phi) is 7.46. The van der Waals surface area contributed by atoms with Gasteiger partial charge in [-0.3, -0.25) is 9.59 Å². The average Bonchev–Trinajstić information content (AvgIpc) is 2.64. The van der Waals surface area contributed by atoms with Crippen LogP contribution in [0.5, 0.6) is 0 Å². The van der Waals surface area contributed by atoms with Crippen molar-refractivity contribution in [3.63, 3.8) is 0 Å². The first kappa shape index (κ1) is 20.2. The lowest BCUT2D eigenvalue weighted by molar-refractivity contribution is -0.155. The van der Waals surface area contributed by atoms with Crippen LogP contribution in [-0.4, -0.2) is 29.3 Å². The maximum atomic E-state index is 12.8. The van der Waals surface area contributed by atoms with Gasteiger partial charge >= 0.3 is 5.97 Å². The van der Waals surface area contributed by atoms with Crippen LogP contribution in [0.4, 0.5) is 4.39 Å². The second-order valence-corrected chi connectivity index (χ2v) is 7.60. The zero-order chi connectivity index (χ0) is 19.0. The third-order valence-electron chi connectivity index (χ3n) is 4.35. The molecule has 1 atom stereocenters. The fraction of sp³-hybridized carbons (Fsp3) is 0.526. The first-order valence-corrected chi connectivity index (χ1v) is 9.74. The van der Waals surface area contributed by atoms with Gasteiger partial charge < -0.3 is 10.1 Å². The number of hydrogen-bond donors (Lipinski definition) is 1. The molecule has 1 aromatic rings. The molecular formula is C19H23FN2O3S. The van der Waals surface area contributed by atoms with Gasteiger partial charge in [0.1, 0.15) is 11.4 Å². The zero-order valence-electron chi connectivity index (χ0n) is 14.8. The summed E-state index contributed by atoms with van der Waals surface area (Å²) in [6, 6.07) is 8.23. The maximum Gasteiger partial charge on any atom is 0.307 e. The Labute approximate surface area is 157 Å². The van der Waals surface area contributed by atoms with Crippen molar-refractivity contribution >= 4 is 23.6 Å². The summed E-state index contributed by atoms with van der Waals surface area (Å²) < 4.78 is 18.0. The van der Waals surface area contributed by atoms with Gasteiger partial charge in [0.15, 0.2) is 6.10 Å². The van der Waals surface area contributed by atoms with E-state index in [2.05, 4.69) is 11.4 Å². The van der Waals surface area contributed by atoms with Gasteiger partial charge in [0.05, 0.1) is 12.5 Å². The topological polar surface area (TPSA) is 79.2 Å². The number of ether oxygens (including phenoxy) is 1. The highest BCUT2D eigenvalue weighted by Crippen LogP contribution is 2.27. The molecule has 26 heavy (non-hydrogen) atoms. The molecule has 1 fully saturated rings. The molecule has 0 saturated heterocycles. The highest BCUT2D eigenvalue weighted by molar-refractivity contribution is 7.99. The number of halogens is 1. The lowest BCUT2D eigenvalue weighted by Crippen LogP contribution is -2.52. The molecule has 1 aliphatic rings. The van der Waals surface area contributed by atoms with Gasteiger partial charge in [-0.25, -0.2) is 4.39 Å². The van der Waals surface area contributed by atoms with Crippen molar-refractivity contribution in [2.75, 3.05) is 5.75 Å². The number of rotatable bonds is 7. The lowest BCUT2D eigenvalue weighted by atomic mass is 9.83. The summed E-state index contributed by atoms with van der Waals surface area (Å²) in [5.41, 5.74) is -0.839. The Morgan fingerprint density at radius 3 is 2.58 bits per heavy atom. The van der Waals surface area contributed by atoms with Crippen LogP contribution in [0, 0.1) is 17.1 Å². The van der Waals surface area contributed by atoms with E-state index in [1.54, 1.807) is 12.1 Å². The van der Waals surface area contributed by atoms with Gasteiger partial charge in [0.2, 0.25) is 0 Å². The number of nitriles is 1.